The van der Waals surface area contributed by atoms with Gasteiger partial charge in [-0.3, -0.25) is 14.5 Å². The number of fused-ring (bicyclic) bond motifs is 3. The molecule has 2 aliphatic heterocycles. The second-order valence-corrected chi connectivity index (χ2v) is 10.0. The molecular weight excluding hydrogens is 376 g/mol. The lowest BCUT2D eigenvalue weighted by Gasteiger charge is -2.38. The molecule has 0 radical (unpaired) electrons. The molecule has 2 amide bonds. The Balaban J connectivity index is 1.13. The van der Waals surface area contributed by atoms with Gasteiger partial charge in [0.05, 0.1) is 7.11 Å². The number of carbonyl (C=O) groups is 2. The quantitative estimate of drug-likeness (QED) is 0.694. The van der Waals surface area contributed by atoms with Crippen molar-refractivity contribution in [1.29, 1.82) is 0 Å². The third kappa shape index (κ3) is 3.55. The summed E-state index contributed by atoms with van der Waals surface area (Å²) in [7, 11) is 1.77. The Kier molecular flexibility index (Phi) is 5.34. The van der Waals surface area contributed by atoms with Crippen molar-refractivity contribution >= 4 is 11.8 Å². The summed E-state index contributed by atoms with van der Waals surface area (Å²) in [6.07, 6.45) is 8.84. The number of amides is 2. The highest BCUT2D eigenvalue weighted by molar-refractivity contribution is 5.98. The molecule has 1 aromatic carbocycles. The number of carbonyl (C=O) groups excluding carboxylic acids is 2. The van der Waals surface area contributed by atoms with Crippen LogP contribution in [0.1, 0.15) is 68.4 Å². The number of imide groups is 1. The van der Waals surface area contributed by atoms with Crippen LogP contribution in [0, 0.1) is 11.3 Å². The second-order valence-electron chi connectivity index (χ2n) is 10.0. The van der Waals surface area contributed by atoms with Gasteiger partial charge in [0.25, 0.3) is 0 Å². The first-order valence-corrected chi connectivity index (χ1v) is 11.8. The predicted octanol–water partition coefficient (Wildman–Crippen LogP) is 3.76. The highest BCUT2D eigenvalue weighted by atomic mass is 16.5. The lowest BCUT2D eigenvalue weighted by atomic mass is 9.76. The van der Waals surface area contributed by atoms with E-state index in [0.717, 1.165) is 51.1 Å². The molecule has 2 heterocycles. The van der Waals surface area contributed by atoms with Crippen LogP contribution in [0.2, 0.25) is 0 Å². The Bertz CT molecular complexity index is 810. The van der Waals surface area contributed by atoms with Crippen molar-refractivity contribution in [1.82, 2.24) is 9.80 Å². The van der Waals surface area contributed by atoms with E-state index in [2.05, 4.69) is 23.1 Å². The van der Waals surface area contributed by atoms with Crippen molar-refractivity contribution in [2.75, 3.05) is 33.3 Å². The Morgan fingerprint density at radius 2 is 1.87 bits per heavy atom. The average molecular weight is 411 g/mol. The van der Waals surface area contributed by atoms with E-state index in [4.69, 9.17) is 4.74 Å². The molecule has 0 N–H and O–H groups in total. The van der Waals surface area contributed by atoms with E-state index >= 15 is 0 Å². The zero-order chi connectivity index (χ0) is 20.7. The summed E-state index contributed by atoms with van der Waals surface area (Å²) in [5, 5.41) is 0. The third-order valence-electron chi connectivity index (χ3n) is 8.22. The van der Waals surface area contributed by atoms with Crippen molar-refractivity contribution in [3.8, 4) is 5.75 Å². The number of ether oxygens (including phenoxy) is 1. The maximum atomic E-state index is 12.7. The number of hydrogen-bond acceptors (Lipinski definition) is 4. The molecule has 162 valence electrons. The smallest absolute Gasteiger partial charge is 0.229 e. The SMILES string of the molecule is COc1cccc2c1[C@H]1CCN(CCCN3C(=O)CC4(CCCC4)CC3=O)C[C@H]1C2. The van der Waals surface area contributed by atoms with Gasteiger partial charge in [-0.1, -0.05) is 25.0 Å². The van der Waals surface area contributed by atoms with Crippen LogP contribution in [0.5, 0.6) is 5.75 Å². The molecule has 0 bridgehead atoms. The lowest BCUT2D eigenvalue weighted by molar-refractivity contribution is -0.153. The normalized spacial score (nSPS) is 28.1. The summed E-state index contributed by atoms with van der Waals surface area (Å²) in [5.74, 6) is 2.47. The van der Waals surface area contributed by atoms with Gasteiger partial charge in [0, 0.05) is 31.5 Å². The number of nitrogens with zero attached hydrogens (tertiary/aromatic N) is 2. The van der Waals surface area contributed by atoms with Crippen LogP contribution in [0.3, 0.4) is 0 Å². The fraction of sp³-hybridized carbons (Fsp3) is 0.680. The molecule has 1 aromatic rings. The molecule has 1 spiro atoms. The fourth-order valence-corrected chi connectivity index (χ4v) is 6.76. The standard InChI is InChI=1S/C25H34N2O3/c1-30-21-7-4-6-18-14-19-17-26(13-8-20(19)24(18)21)11-5-12-27-22(28)15-25(16-23(27)29)9-2-3-10-25/h4,6-7,19-20H,2-3,5,8-17H2,1H3/t19-,20+/m1/s1. The number of rotatable bonds is 5. The topological polar surface area (TPSA) is 49.9 Å². The van der Waals surface area contributed by atoms with Crippen LogP contribution in [0.25, 0.3) is 0 Å². The van der Waals surface area contributed by atoms with Crippen LogP contribution in [0.15, 0.2) is 18.2 Å². The van der Waals surface area contributed by atoms with Crippen molar-refractivity contribution < 1.29 is 14.3 Å². The summed E-state index contributed by atoms with van der Waals surface area (Å²) in [4.78, 5) is 29.4. The molecule has 5 rings (SSSR count). The second kappa shape index (κ2) is 7.99. The first-order valence-electron chi connectivity index (χ1n) is 11.8. The Hall–Kier alpha value is -1.88. The van der Waals surface area contributed by atoms with Gasteiger partial charge in [-0.05, 0) is 74.1 Å². The highest BCUT2D eigenvalue weighted by Crippen LogP contribution is 2.48. The zero-order valence-corrected chi connectivity index (χ0v) is 18.2. The molecular formula is C25H34N2O3. The maximum absolute atomic E-state index is 12.7. The van der Waals surface area contributed by atoms with Crippen molar-refractivity contribution in [3.05, 3.63) is 29.3 Å². The minimum absolute atomic E-state index is 0.00504. The minimum Gasteiger partial charge on any atom is -0.496 e. The summed E-state index contributed by atoms with van der Waals surface area (Å²) in [6, 6.07) is 6.45. The number of benzene rings is 1. The molecule has 5 heteroatoms. The van der Waals surface area contributed by atoms with Gasteiger partial charge in [0.15, 0.2) is 0 Å². The Morgan fingerprint density at radius 1 is 1.10 bits per heavy atom. The predicted molar refractivity (Wildman–Crippen MR) is 115 cm³/mol. The average Bonchev–Trinajstić information content (AvgIpc) is 3.33. The first kappa shape index (κ1) is 20.0. The zero-order valence-electron chi connectivity index (χ0n) is 18.2. The monoisotopic (exact) mass is 410 g/mol. The molecule has 5 nitrogen and oxygen atoms in total. The van der Waals surface area contributed by atoms with E-state index in [1.54, 1.807) is 12.0 Å². The largest absolute Gasteiger partial charge is 0.496 e. The van der Waals surface area contributed by atoms with E-state index in [1.807, 2.05) is 0 Å². The van der Waals surface area contributed by atoms with Crippen LogP contribution in [-0.2, 0) is 16.0 Å². The van der Waals surface area contributed by atoms with E-state index in [1.165, 1.54) is 30.4 Å². The fourth-order valence-electron chi connectivity index (χ4n) is 6.76. The van der Waals surface area contributed by atoms with Gasteiger partial charge in [0.2, 0.25) is 11.8 Å². The highest BCUT2D eigenvalue weighted by Gasteiger charge is 2.45. The van der Waals surface area contributed by atoms with Crippen molar-refractivity contribution in [3.63, 3.8) is 0 Å². The Morgan fingerprint density at radius 3 is 2.60 bits per heavy atom. The maximum Gasteiger partial charge on any atom is 0.229 e. The molecule has 2 saturated heterocycles. The van der Waals surface area contributed by atoms with Gasteiger partial charge in [-0.25, -0.2) is 0 Å². The van der Waals surface area contributed by atoms with Crippen molar-refractivity contribution in [2.45, 2.75) is 63.7 Å². The van der Waals surface area contributed by atoms with Gasteiger partial charge >= 0.3 is 0 Å². The summed E-state index contributed by atoms with van der Waals surface area (Å²) in [5.41, 5.74) is 2.90. The van der Waals surface area contributed by atoms with Gasteiger partial charge in [-0.15, -0.1) is 0 Å². The van der Waals surface area contributed by atoms with E-state index in [9.17, 15) is 9.59 Å². The van der Waals surface area contributed by atoms with Gasteiger partial charge in [-0.2, -0.15) is 0 Å². The molecule has 0 unspecified atom stereocenters. The lowest BCUT2D eigenvalue weighted by Crippen LogP contribution is -2.48. The van der Waals surface area contributed by atoms with E-state index in [-0.39, 0.29) is 17.2 Å². The summed E-state index contributed by atoms with van der Waals surface area (Å²) >= 11 is 0. The Labute approximate surface area is 179 Å². The summed E-state index contributed by atoms with van der Waals surface area (Å²) < 4.78 is 5.64. The first-order chi connectivity index (χ1) is 14.6. The number of methoxy groups -OCH3 is 1. The number of likely N-dealkylation sites (tertiary alicyclic amines) is 2. The van der Waals surface area contributed by atoms with Gasteiger partial charge < -0.3 is 9.64 Å². The molecule has 0 aromatic heterocycles. The summed E-state index contributed by atoms with van der Waals surface area (Å²) in [6.45, 7) is 3.75. The third-order valence-corrected chi connectivity index (χ3v) is 8.22. The molecule has 30 heavy (non-hydrogen) atoms. The number of piperidine rings is 2. The molecule has 3 fully saturated rings. The molecule has 2 atom stereocenters. The van der Waals surface area contributed by atoms with Crippen LogP contribution >= 0.6 is 0 Å². The minimum atomic E-state index is 0.00504. The molecule has 2 aliphatic carbocycles. The van der Waals surface area contributed by atoms with Crippen LogP contribution < -0.4 is 4.74 Å². The van der Waals surface area contributed by atoms with Gasteiger partial charge in [0.1, 0.15) is 5.75 Å². The number of hydrogen-bond donors (Lipinski definition) is 0. The van der Waals surface area contributed by atoms with Crippen molar-refractivity contribution in [2.24, 2.45) is 11.3 Å². The van der Waals surface area contributed by atoms with Crippen LogP contribution in [-0.4, -0.2) is 54.9 Å². The van der Waals surface area contributed by atoms with Crippen LogP contribution in [0.4, 0.5) is 0 Å². The van der Waals surface area contributed by atoms with E-state index < -0.39 is 0 Å². The molecule has 1 saturated carbocycles. The molecule has 4 aliphatic rings. The van der Waals surface area contributed by atoms with E-state index in [0.29, 0.717) is 31.2 Å².